The number of nitrogens with two attached hydrogens (primary N) is 1. The third kappa shape index (κ3) is 4.15. The summed E-state index contributed by atoms with van der Waals surface area (Å²) in [6, 6.07) is 12.5. The Morgan fingerprint density at radius 3 is 2.81 bits per heavy atom. The number of para-hydroxylation sites is 1. The Morgan fingerprint density at radius 1 is 1.19 bits per heavy atom. The highest BCUT2D eigenvalue weighted by Crippen LogP contribution is 2.22. The smallest absolute Gasteiger partial charge is 0.257 e. The molecule has 26 heavy (non-hydrogen) atoms. The molecule has 0 saturated heterocycles. The summed E-state index contributed by atoms with van der Waals surface area (Å²) in [5, 5.41) is 4.31. The third-order valence-corrected chi connectivity index (χ3v) is 4.19. The SMILES string of the molecule is NC(=O)c1cc(Cl)ccc1OCC(=O)NCCc1c[nH]c2ccccc12. The van der Waals surface area contributed by atoms with Gasteiger partial charge in [0.1, 0.15) is 5.75 Å². The van der Waals surface area contributed by atoms with Gasteiger partial charge in [-0.2, -0.15) is 0 Å². The van der Waals surface area contributed by atoms with Gasteiger partial charge in [0.2, 0.25) is 0 Å². The second-order valence-corrected chi connectivity index (χ2v) is 6.19. The molecule has 134 valence electrons. The average Bonchev–Trinajstić information content (AvgIpc) is 3.04. The van der Waals surface area contributed by atoms with Crippen LogP contribution in [0.4, 0.5) is 0 Å². The molecule has 4 N–H and O–H groups in total. The Labute approximate surface area is 155 Å². The minimum atomic E-state index is -0.665. The van der Waals surface area contributed by atoms with E-state index in [1.807, 2.05) is 30.5 Å². The van der Waals surface area contributed by atoms with Gasteiger partial charge in [-0.15, -0.1) is 0 Å². The predicted octanol–water partition coefficient (Wildman–Crippen LogP) is 2.66. The van der Waals surface area contributed by atoms with Crippen molar-refractivity contribution in [1.29, 1.82) is 0 Å². The lowest BCUT2D eigenvalue weighted by Gasteiger charge is -2.10. The van der Waals surface area contributed by atoms with Crippen molar-refractivity contribution in [3.63, 3.8) is 0 Å². The Hall–Kier alpha value is -2.99. The minimum absolute atomic E-state index is 0.143. The van der Waals surface area contributed by atoms with E-state index in [1.165, 1.54) is 12.1 Å². The lowest BCUT2D eigenvalue weighted by Crippen LogP contribution is -2.30. The van der Waals surface area contributed by atoms with Gasteiger partial charge in [-0.05, 0) is 36.2 Å². The number of benzene rings is 2. The molecule has 7 heteroatoms. The predicted molar refractivity (Wildman–Crippen MR) is 100 cm³/mol. The maximum absolute atomic E-state index is 12.0. The van der Waals surface area contributed by atoms with E-state index < -0.39 is 5.91 Å². The second kappa shape index (κ2) is 7.93. The van der Waals surface area contributed by atoms with Crippen molar-refractivity contribution in [2.75, 3.05) is 13.2 Å². The van der Waals surface area contributed by atoms with Gasteiger partial charge >= 0.3 is 0 Å². The first-order valence-corrected chi connectivity index (χ1v) is 8.46. The van der Waals surface area contributed by atoms with E-state index in [9.17, 15) is 9.59 Å². The molecule has 0 spiro atoms. The first-order chi connectivity index (χ1) is 12.5. The van der Waals surface area contributed by atoms with Crippen molar-refractivity contribution < 1.29 is 14.3 Å². The van der Waals surface area contributed by atoms with Gasteiger partial charge in [0.15, 0.2) is 6.61 Å². The normalized spacial score (nSPS) is 10.7. The van der Waals surface area contributed by atoms with Crippen LogP contribution in [-0.2, 0) is 11.2 Å². The molecule has 0 aliphatic carbocycles. The maximum atomic E-state index is 12.0. The zero-order chi connectivity index (χ0) is 18.5. The summed E-state index contributed by atoms with van der Waals surface area (Å²) in [5.41, 5.74) is 7.63. The summed E-state index contributed by atoms with van der Waals surface area (Å²) < 4.78 is 5.40. The second-order valence-electron chi connectivity index (χ2n) is 5.75. The quantitative estimate of drug-likeness (QED) is 0.595. The number of primary amides is 1. The van der Waals surface area contributed by atoms with Crippen LogP contribution >= 0.6 is 11.6 Å². The Morgan fingerprint density at radius 2 is 2.00 bits per heavy atom. The van der Waals surface area contributed by atoms with Gasteiger partial charge < -0.3 is 20.8 Å². The zero-order valence-electron chi connectivity index (χ0n) is 13.9. The molecule has 0 aliphatic rings. The number of hydrogen-bond donors (Lipinski definition) is 3. The molecule has 0 fully saturated rings. The van der Waals surface area contributed by atoms with E-state index in [4.69, 9.17) is 22.1 Å². The molecule has 0 radical (unpaired) electrons. The van der Waals surface area contributed by atoms with E-state index in [2.05, 4.69) is 10.3 Å². The van der Waals surface area contributed by atoms with Crippen LogP contribution in [0.15, 0.2) is 48.7 Å². The largest absolute Gasteiger partial charge is 0.483 e. The number of carbonyl (C=O) groups is 2. The summed E-state index contributed by atoms with van der Waals surface area (Å²) >= 11 is 5.84. The third-order valence-electron chi connectivity index (χ3n) is 3.96. The Kier molecular flexibility index (Phi) is 5.43. The van der Waals surface area contributed by atoms with Crippen molar-refractivity contribution >= 4 is 34.3 Å². The summed E-state index contributed by atoms with van der Waals surface area (Å²) in [4.78, 5) is 26.6. The van der Waals surface area contributed by atoms with Crippen LogP contribution in [0.2, 0.25) is 5.02 Å². The highest BCUT2D eigenvalue weighted by atomic mass is 35.5. The molecule has 2 amide bonds. The van der Waals surface area contributed by atoms with Crippen LogP contribution < -0.4 is 15.8 Å². The number of fused-ring (bicyclic) bond motifs is 1. The molecule has 1 aromatic heterocycles. The number of nitrogens with one attached hydrogen (secondary N) is 2. The molecule has 0 unspecified atom stereocenters. The molecule has 3 rings (SSSR count). The lowest BCUT2D eigenvalue weighted by molar-refractivity contribution is -0.123. The number of aromatic amines is 1. The molecule has 0 saturated carbocycles. The summed E-state index contributed by atoms with van der Waals surface area (Å²) in [7, 11) is 0. The first-order valence-electron chi connectivity index (χ1n) is 8.08. The van der Waals surface area contributed by atoms with Gasteiger partial charge in [0.25, 0.3) is 11.8 Å². The zero-order valence-corrected chi connectivity index (χ0v) is 14.7. The van der Waals surface area contributed by atoms with Crippen LogP contribution in [0.25, 0.3) is 10.9 Å². The average molecular weight is 372 g/mol. The van der Waals surface area contributed by atoms with E-state index in [0.29, 0.717) is 18.0 Å². The summed E-state index contributed by atoms with van der Waals surface area (Å²) in [5.74, 6) is -0.717. The van der Waals surface area contributed by atoms with E-state index in [1.54, 1.807) is 6.07 Å². The fraction of sp³-hybridized carbons (Fsp3) is 0.158. The highest BCUT2D eigenvalue weighted by molar-refractivity contribution is 6.31. The van der Waals surface area contributed by atoms with Gasteiger partial charge in [-0.1, -0.05) is 29.8 Å². The molecule has 6 nitrogen and oxygen atoms in total. The number of hydrogen-bond acceptors (Lipinski definition) is 3. The number of ether oxygens (including phenoxy) is 1. The molecule has 0 bridgehead atoms. The topological polar surface area (TPSA) is 97.2 Å². The van der Waals surface area contributed by atoms with Crippen LogP contribution in [0.3, 0.4) is 0 Å². The monoisotopic (exact) mass is 371 g/mol. The van der Waals surface area contributed by atoms with Crippen molar-refractivity contribution in [1.82, 2.24) is 10.3 Å². The molecule has 1 heterocycles. The fourth-order valence-electron chi connectivity index (χ4n) is 2.69. The fourth-order valence-corrected chi connectivity index (χ4v) is 2.86. The number of aromatic nitrogens is 1. The standard InChI is InChI=1S/C19H18ClN3O3/c20-13-5-6-17(15(9-13)19(21)25)26-11-18(24)22-8-7-12-10-23-16-4-2-1-3-14(12)16/h1-6,9-10,23H,7-8,11H2,(H2,21,25)(H,22,24). The van der Waals surface area contributed by atoms with Gasteiger partial charge in [0.05, 0.1) is 5.56 Å². The van der Waals surface area contributed by atoms with E-state index >= 15 is 0 Å². The Bertz CT molecular complexity index is 952. The summed E-state index contributed by atoms with van der Waals surface area (Å²) in [6.07, 6.45) is 2.64. The number of H-pyrrole nitrogens is 1. The van der Waals surface area contributed by atoms with E-state index in [-0.39, 0.29) is 23.8 Å². The molecule has 2 aromatic carbocycles. The van der Waals surface area contributed by atoms with E-state index in [0.717, 1.165) is 16.5 Å². The van der Waals surface area contributed by atoms with Crippen molar-refractivity contribution in [3.05, 3.63) is 64.8 Å². The van der Waals surface area contributed by atoms with Crippen LogP contribution in [0, 0.1) is 0 Å². The maximum Gasteiger partial charge on any atom is 0.257 e. The minimum Gasteiger partial charge on any atom is -0.483 e. The van der Waals surface area contributed by atoms with Gasteiger partial charge in [-0.25, -0.2) is 0 Å². The van der Waals surface area contributed by atoms with Gasteiger partial charge in [-0.3, -0.25) is 9.59 Å². The van der Waals surface area contributed by atoms with Gasteiger partial charge in [0, 0.05) is 28.7 Å². The highest BCUT2D eigenvalue weighted by Gasteiger charge is 2.12. The first kappa shape index (κ1) is 17.8. The number of halogens is 1. The number of rotatable bonds is 7. The van der Waals surface area contributed by atoms with Crippen LogP contribution in [-0.4, -0.2) is 29.9 Å². The Balaban J connectivity index is 1.51. The van der Waals surface area contributed by atoms with Crippen molar-refractivity contribution in [3.8, 4) is 5.75 Å². The molecule has 3 aromatic rings. The number of carbonyl (C=O) groups excluding carboxylic acids is 2. The molecule has 0 aliphatic heterocycles. The van der Waals surface area contributed by atoms with Crippen LogP contribution in [0.1, 0.15) is 15.9 Å². The molecular formula is C19H18ClN3O3. The lowest BCUT2D eigenvalue weighted by atomic mass is 10.1. The number of amides is 2. The molecule has 0 atom stereocenters. The summed E-state index contributed by atoms with van der Waals surface area (Å²) in [6.45, 7) is 0.267. The van der Waals surface area contributed by atoms with Crippen LogP contribution in [0.5, 0.6) is 5.75 Å². The van der Waals surface area contributed by atoms with Crippen molar-refractivity contribution in [2.24, 2.45) is 5.73 Å². The van der Waals surface area contributed by atoms with Crippen molar-refractivity contribution in [2.45, 2.75) is 6.42 Å². The molecular weight excluding hydrogens is 354 g/mol.